The lowest BCUT2D eigenvalue weighted by Crippen LogP contribution is -2.58. The van der Waals surface area contributed by atoms with Crippen molar-refractivity contribution >= 4 is 47.2 Å². The molecule has 20 heteroatoms. The number of carboxylic acid groups (broad SMARTS) is 1. The first-order chi connectivity index (χ1) is 29.0. The minimum absolute atomic E-state index is 0.0758. The van der Waals surface area contributed by atoms with Crippen molar-refractivity contribution in [2.24, 2.45) is 17.6 Å². The normalized spacial score (nSPS) is 18.3. The number of nitrogens with two attached hydrogens (primary N) is 1. The molecule has 2 fully saturated rings. The van der Waals surface area contributed by atoms with Gasteiger partial charge >= 0.3 is 5.97 Å². The van der Waals surface area contributed by atoms with Crippen molar-refractivity contribution in [1.29, 1.82) is 0 Å². The van der Waals surface area contributed by atoms with Gasteiger partial charge in [-0.05, 0) is 57.4 Å². The van der Waals surface area contributed by atoms with Crippen LogP contribution in [0.5, 0.6) is 0 Å². The number of Topliss-reactive ketones (excluding diaryl/α,β-unsaturated/α-hetero) is 1. The van der Waals surface area contributed by atoms with Gasteiger partial charge in [0.25, 0.3) is 11.8 Å². The second-order valence-electron chi connectivity index (χ2n) is 16.8. The van der Waals surface area contributed by atoms with Gasteiger partial charge < -0.3 is 41.7 Å². The number of hydrogen-bond donors (Lipinski definition) is 6. The fourth-order valence-corrected chi connectivity index (χ4v) is 7.71. The smallest absolute Gasteiger partial charge is 0.339 e. The summed E-state index contributed by atoms with van der Waals surface area (Å²) in [7, 11) is 0. The number of ketones is 1. The molecule has 1 unspecified atom stereocenters. The number of halogens is 4. The van der Waals surface area contributed by atoms with Crippen LogP contribution in [0.25, 0.3) is 0 Å². The summed E-state index contributed by atoms with van der Waals surface area (Å²) in [5, 5.41) is 18.9. The Morgan fingerprint density at radius 1 is 0.855 bits per heavy atom. The van der Waals surface area contributed by atoms with Crippen molar-refractivity contribution in [1.82, 2.24) is 26.2 Å². The van der Waals surface area contributed by atoms with Crippen LogP contribution in [-0.2, 0) is 33.5 Å². The first-order valence-corrected chi connectivity index (χ1v) is 20.2. The van der Waals surface area contributed by atoms with Crippen molar-refractivity contribution in [2.75, 3.05) is 13.1 Å². The zero-order chi connectivity index (χ0) is 46.2. The number of rotatable bonds is 17. The summed E-state index contributed by atoms with van der Waals surface area (Å²) in [5.41, 5.74) is 1.55. The molecule has 0 radical (unpaired) electrons. The molecular weight excluding hydrogens is 824 g/mol. The van der Waals surface area contributed by atoms with Crippen molar-refractivity contribution in [3.63, 3.8) is 0 Å². The molecule has 2 aliphatic rings. The van der Waals surface area contributed by atoms with E-state index in [2.05, 4.69) is 21.3 Å². The number of carboxylic acids is 1. The third-order valence-corrected chi connectivity index (χ3v) is 10.4. The van der Waals surface area contributed by atoms with Crippen LogP contribution in [0.3, 0.4) is 0 Å². The molecule has 338 valence electrons. The Morgan fingerprint density at radius 2 is 1.45 bits per heavy atom. The number of carbonyl (C=O) groups excluding carboxylic acids is 7. The number of primary amides is 1. The zero-order valence-electron chi connectivity index (χ0n) is 35.0. The van der Waals surface area contributed by atoms with E-state index in [1.807, 2.05) is 0 Å². The summed E-state index contributed by atoms with van der Waals surface area (Å²) in [4.78, 5) is 107. The number of amides is 6. The highest BCUT2D eigenvalue weighted by atomic mass is 19.2. The van der Waals surface area contributed by atoms with Crippen LogP contribution in [0.15, 0.2) is 30.3 Å². The Labute approximate surface area is 355 Å². The molecule has 5 atom stereocenters. The number of nitrogens with one attached hydrogen (secondary N) is 4. The molecule has 1 saturated heterocycles. The molecule has 1 aliphatic carbocycles. The van der Waals surface area contributed by atoms with Crippen LogP contribution in [-0.4, -0.2) is 100 Å². The Hall–Kier alpha value is -5.92. The monoisotopic (exact) mass is 876 g/mol. The van der Waals surface area contributed by atoms with E-state index in [1.54, 1.807) is 65.0 Å². The lowest BCUT2D eigenvalue weighted by Gasteiger charge is -2.35. The maximum Gasteiger partial charge on any atom is 0.339 e. The number of hydrogen-bond acceptors (Lipinski definition) is 9. The van der Waals surface area contributed by atoms with E-state index in [4.69, 9.17) is 10.5 Å². The molecule has 2 aromatic carbocycles. The minimum Gasteiger partial charge on any atom is -0.478 e. The Bertz CT molecular complexity index is 2060. The average Bonchev–Trinajstić information content (AvgIpc) is 3.63. The lowest BCUT2D eigenvalue weighted by molar-refractivity contribution is -0.143. The predicted molar refractivity (Wildman–Crippen MR) is 212 cm³/mol. The van der Waals surface area contributed by atoms with Gasteiger partial charge in [0, 0.05) is 13.0 Å². The highest BCUT2D eigenvalue weighted by Crippen LogP contribution is 2.32. The first-order valence-electron chi connectivity index (χ1n) is 20.2. The SMILES string of the molecule is CC(C)CC(NC(=O)[C@@H]1C[C@@H](OC(C)(C)C)CN1C(=O)[C@@H](NC(=O)c1c(F)c(F)c(F)c(F)c1C(=O)O)C1CCCCC1)C(=O)C(=O)NCC(=O)N[C@H](C(N)=O)c1ccccc1. The van der Waals surface area contributed by atoms with E-state index in [-0.39, 0.29) is 25.3 Å². The van der Waals surface area contributed by atoms with Crippen molar-refractivity contribution in [2.45, 2.75) is 115 Å². The molecule has 2 aromatic rings. The number of likely N-dealkylation sites (tertiary alicyclic amines) is 1. The van der Waals surface area contributed by atoms with Crippen LogP contribution in [0, 0.1) is 35.1 Å². The number of ether oxygens (including phenoxy) is 1. The zero-order valence-corrected chi connectivity index (χ0v) is 35.0. The number of benzene rings is 2. The standard InChI is InChI=1S/C42H52F4N6O10/c1-20(2)16-24(35(54)39(58)48-18-26(53)50-33(36(47)55)21-12-8-6-9-13-21)49-37(56)25-17-23(62-42(3,4)5)19-52(25)40(59)34(22-14-10-7-11-15-22)51-38(57)27-28(41(60)61)30(44)32(46)31(45)29(27)43/h6,8-9,12-13,20,22-25,33-34H,7,10-11,14-19H2,1-5H3,(H2,47,55)(H,48,58)(H,49,56)(H,50,53)(H,51,57)(H,60,61)/t23-,24?,25+,33+,34+/m1/s1. The number of carbonyl (C=O) groups is 8. The predicted octanol–water partition coefficient (Wildman–Crippen LogP) is 2.96. The van der Waals surface area contributed by atoms with Gasteiger partial charge in [-0.15, -0.1) is 0 Å². The molecule has 0 aromatic heterocycles. The fourth-order valence-electron chi connectivity index (χ4n) is 7.71. The Morgan fingerprint density at radius 3 is 2.00 bits per heavy atom. The van der Waals surface area contributed by atoms with E-state index in [9.17, 15) is 56.6 Å². The van der Waals surface area contributed by atoms with Crippen molar-refractivity contribution in [3.8, 4) is 0 Å². The summed E-state index contributed by atoms with van der Waals surface area (Å²) in [5.74, 6) is -20.5. The second kappa shape index (κ2) is 20.8. The van der Waals surface area contributed by atoms with Crippen LogP contribution in [0.2, 0.25) is 0 Å². The highest BCUT2D eigenvalue weighted by molar-refractivity contribution is 6.38. The molecule has 4 rings (SSSR count). The van der Waals surface area contributed by atoms with E-state index in [0.29, 0.717) is 31.2 Å². The minimum atomic E-state index is -2.46. The molecule has 0 spiro atoms. The molecule has 16 nitrogen and oxygen atoms in total. The summed E-state index contributed by atoms with van der Waals surface area (Å²) < 4.78 is 64.4. The van der Waals surface area contributed by atoms with Crippen molar-refractivity contribution in [3.05, 3.63) is 70.3 Å². The molecule has 1 aliphatic heterocycles. The van der Waals surface area contributed by atoms with E-state index in [1.165, 1.54) is 0 Å². The Kier molecular flexibility index (Phi) is 16.3. The van der Waals surface area contributed by atoms with Gasteiger partial charge in [0.15, 0.2) is 23.3 Å². The fraction of sp³-hybridized carbons (Fsp3) is 0.524. The third-order valence-electron chi connectivity index (χ3n) is 10.4. The maximum atomic E-state index is 15.1. The van der Waals surface area contributed by atoms with Crippen LogP contribution in [0.1, 0.15) is 112 Å². The molecule has 7 N–H and O–H groups in total. The maximum absolute atomic E-state index is 15.1. The lowest BCUT2D eigenvalue weighted by atomic mass is 9.83. The molecular formula is C42H52F4N6O10. The number of nitrogens with zero attached hydrogens (tertiary/aromatic N) is 1. The quantitative estimate of drug-likeness (QED) is 0.0588. The summed E-state index contributed by atoms with van der Waals surface area (Å²) in [6.45, 7) is 7.58. The molecule has 62 heavy (non-hydrogen) atoms. The molecule has 6 amide bonds. The van der Waals surface area contributed by atoms with Crippen LogP contribution < -0.4 is 27.0 Å². The topological polar surface area (TPSA) is 243 Å². The van der Waals surface area contributed by atoms with Gasteiger partial charge in [-0.3, -0.25) is 33.6 Å². The highest BCUT2D eigenvalue weighted by Gasteiger charge is 2.47. The van der Waals surface area contributed by atoms with Gasteiger partial charge in [0.05, 0.1) is 29.9 Å². The Balaban J connectivity index is 1.60. The van der Waals surface area contributed by atoms with Gasteiger partial charge in [-0.25, -0.2) is 22.4 Å². The van der Waals surface area contributed by atoms with Gasteiger partial charge in [0.2, 0.25) is 29.4 Å². The molecule has 1 heterocycles. The van der Waals surface area contributed by atoms with Crippen LogP contribution >= 0.6 is 0 Å². The van der Waals surface area contributed by atoms with Crippen molar-refractivity contribution < 1.29 is 65.8 Å². The first kappa shape index (κ1) is 48.7. The summed E-state index contributed by atoms with van der Waals surface area (Å²) in [6, 6.07) is 2.27. The van der Waals surface area contributed by atoms with E-state index >= 15 is 4.39 Å². The largest absolute Gasteiger partial charge is 0.478 e. The number of aromatic carboxylic acids is 1. The third kappa shape index (κ3) is 12.1. The second-order valence-corrected chi connectivity index (χ2v) is 16.8. The molecule has 0 bridgehead atoms. The van der Waals surface area contributed by atoms with E-state index < -0.39 is 130 Å². The van der Waals surface area contributed by atoms with Gasteiger partial charge in [0.1, 0.15) is 23.7 Å². The van der Waals surface area contributed by atoms with Crippen LogP contribution in [0.4, 0.5) is 17.6 Å². The van der Waals surface area contributed by atoms with E-state index in [0.717, 1.165) is 11.3 Å². The average molecular weight is 877 g/mol. The summed E-state index contributed by atoms with van der Waals surface area (Å²) >= 11 is 0. The van der Waals surface area contributed by atoms with Gasteiger partial charge in [-0.2, -0.15) is 0 Å². The van der Waals surface area contributed by atoms with Gasteiger partial charge in [-0.1, -0.05) is 63.4 Å². The summed E-state index contributed by atoms with van der Waals surface area (Å²) in [6.07, 6.45) is 1.49. The molecule has 1 saturated carbocycles.